The molecule has 0 aromatic heterocycles. The van der Waals surface area contributed by atoms with Crippen LogP contribution in [0, 0.1) is 0 Å². The van der Waals surface area contributed by atoms with Crippen molar-refractivity contribution >= 4 is 15.9 Å². The highest BCUT2D eigenvalue weighted by atomic mass is 79.9. The highest BCUT2D eigenvalue weighted by Crippen LogP contribution is 2.37. The first-order valence-electron chi connectivity index (χ1n) is 5.09. The van der Waals surface area contributed by atoms with Crippen molar-refractivity contribution in [3.63, 3.8) is 0 Å². The standard InChI is InChI=1S/C11H9BrF6O/c12-6-7-1-2-9(8(5-7)11(16,17)18)19-4-3-10(13,14)15/h1-2,5H,3-4,6H2. The molecule has 0 aliphatic rings. The number of hydrogen-bond acceptors (Lipinski definition) is 1. The minimum atomic E-state index is -4.67. The number of ether oxygens (including phenoxy) is 1. The fourth-order valence-corrected chi connectivity index (χ4v) is 1.63. The summed E-state index contributed by atoms with van der Waals surface area (Å²) in [6.45, 7) is -0.847. The van der Waals surface area contributed by atoms with Crippen LogP contribution in [0.2, 0.25) is 0 Å². The summed E-state index contributed by atoms with van der Waals surface area (Å²) in [4.78, 5) is 0. The van der Waals surface area contributed by atoms with Gasteiger partial charge in [0.05, 0.1) is 18.6 Å². The Balaban J connectivity index is 2.88. The van der Waals surface area contributed by atoms with E-state index in [1.807, 2.05) is 0 Å². The molecule has 0 radical (unpaired) electrons. The van der Waals surface area contributed by atoms with Gasteiger partial charge in [-0.3, -0.25) is 0 Å². The fourth-order valence-electron chi connectivity index (χ4n) is 1.28. The van der Waals surface area contributed by atoms with Crippen molar-refractivity contribution in [1.82, 2.24) is 0 Å². The molecule has 0 unspecified atom stereocenters. The Morgan fingerprint density at radius 2 is 1.68 bits per heavy atom. The Morgan fingerprint density at radius 3 is 2.16 bits per heavy atom. The quantitative estimate of drug-likeness (QED) is 0.552. The second-order valence-corrected chi connectivity index (χ2v) is 4.24. The van der Waals surface area contributed by atoms with E-state index in [1.165, 1.54) is 6.07 Å². The van der Waals surface area contributed by atoms with Gasteiger partial charge in [-0.25, -0.2) is 0 Å². The molecular weight excluding hydrogens is 342 g/mol. The van der Waals surface area contributed by atoms with E-state index < -0.39 is 36.7 Å². The third kappa shape index (κ3) is 5.30. The van der Waals surface area contributed by atoms with Crippen LogP contribution in [0.1, 0.15) is 17.5 Å². The molecule has 1 rings (SSSR count). The lowest BCUT2D eigenvalue weighted by Crippen LogP contribution is -2.15. The zero-order chi connectivity index (χ0) is 14.7. The molecule has 0 amide bonds. The topological polar surface area (TPSA) is 9.23 Å². The number of rotatable bonds is 4. The smallest absolute Gasteiger partial charge is 0.419 e. The first-order chi connectivity index (χ1) is 8.63. The third-order valence-electron chi connectivity index (χ3n) is 2.15. The Bertz CT molecular complexity index is 426. The summed E-state index contributed by atoms with van der Waals surface area (Å²) in [5.74, 6) is -0.596. The van der Waals surface area contributed by atoms with Crippen LogP contribution in [0.15, 0.2) is 18.2 Å². The third-order valence-corrected chi connectivity index (χ3v) is 2.79. The molecule has 0 saturated heterocycles. The van der Waals surface area contributed by atoms with Gasteiger partial charge in [0.2, 0.25) is 0 Å². The van der Waals surface area contributed by atoms with Crippen molar-refractivity contribution < 1.29 is 31.1 Å². The van der Waals surface area contributed by atoms with E-state index in [0.29, 0.717) is 5.56 Å². The molecule has 0 bridgehead atoms. The lowest BCUT2D eigenvalue weighted by Gasteiger charge is -2.15. The zero-order valence-electron chi connectivity index (χ0n) is 9.41. The molecule has 19 heavy (non-hydrogen) atoms. The van der Waals surface area contributed by atoms with Crippen molar-refractivity contribution in [1.29, 1.82) is 0 Å². The van der Waals surface area contributed by atoms with Crippen LogP contribution >= 0.6 is 15.9 Å². The van der Waals surface area contributed by atoms with Crippen LogP contribution in [0.25, 0.3) is 0 Å². The molecule has 0 N–H and O–H groups in total. The van der Waals surface area contributed by atoms with Gasteiger partial charge in [0.1, 0.15) is 5.75 Å². The molecule has 108 valence electrons. The van der Waals surface area contributed by atoms with Gasteiger partial charge in [0.15, 0.2) is 0 Å². The van der Waals surface area contributed by atoms with Crippen molar-refractivity contribution in [2.75, 3.05) is 6.61 Å². The van der Waals surface area contributed by atoms with Gasteiger partial charge in [0, 0.05) is 5.33 Å². The van der Waals surface area contributed by atoms with Gasteiger partial charge < -0.3 is 4.74 Å². The second kappa shape index (κ2) is 6.02. The molecule has 8 heteroatoms. The van der Waals surface area contributed by atoms with E-state index in [1.54, 1.807) is 0 Å². The van der Waals surface area contributed by atoms with Crippen LogP contribution in [-0.4, -0.2) is 12.8 Å². The summed E-state index contributed by atoms with van der Waals surface area (Å²) in [7, 11) is 0. The molecule has 0 heterocycles. The highest BCUT2D eigenvalue weighted by molar-refractivity contribution is 9.08. The van der Waals surface area contributed by atoms with Crippen LogP contribution in [-0.2, 0) is 11.5 Å². The molecule has 0 aliphatic carbocycles. The lowest BCUT2D eigenvalue weighted by atomic mass is 10.1. The summed E-state index contributed by atoms with van der Waals surface area (Å²) in [6.07, 6.45) is -10.4. The largest absolute Gasteiger partial charge is 0.493 e. The van der Waals surface area contributed by atoms with Gasteiger partial charge in [-0.1, -0.05) is 22.0 Å². The monoisotopic (exact) mass is 350 g/mol. The number of halogens is 7. The normalized spacial score (nSPS) is 12.6. The van der Waals surface area contributed by atoms with Crippen molar-refractivity contribution in [2.24, 2.45) is 0 Å². The molecule has 0 atom stereocenters. The van der Waals surface area contributed by atoms with Crippen molar-refractivity contribution in [2.45, 2.75) is 24.1 Å². The minimum Gasteiger partial charge on any atom is -0.493 e. The predicted molar refractivity (Wildman–Crippen MR) is 60.2 cm³/mol. The molecule has 0 spiro atoms. The number of hydrogen-bond donors (Lipinski definition) is 0. The Morgan fingerprint density at radius 1 is 1.05 bits per heavy atom. The van der Waals surface area contributed by atoms with E-state index in [9.17, 15) is 26.3 Å². The molecule has 0 aliphatic heterocycles. The summed E-state index contributed by atoms with van der Waals surface area (Å²) in [5, 5.41) is 0.207. The average Bonchev–Trinajstić information content (AvgIpc) is 2.26. The van der Waals surface area contributed by atoms with E-state index in [2.05, 4.69) is 20.7 Å². The molecule has 1 nitrogen and oxygen atoms in total. The fraction of sp³-hybridized carbons (Fsp3) is 0.455. The summed E-state index contributed by atoms with van der Waals surface area (Å²) < 4.78 is 78.4. The molecular formula is C11H9BrF6O. The van der Waals surface area contributed by atoms with Gasteiger partial charge in [0.25, 0.3) is 0 Å². The molecule has 0 fully saturated rings. The maximum Gasteiger partial charge on any atom is 0.419 e. The first-order valence-corrected chi connectivity index (χ1v) is 6.21. The number of alkyl halides is 7. The highest BCUT2D eigenvalue weighted by Gasteiger charge is 2.35. The average molecular weight is 351 g/mol. The zero-order valence-corrected chi connectivity index (χ0v) is 11.0. The van der Waals surface area contributed by atoms with Crippen molar-refractivity contribution in [3.8, 4) is 5.75 Å². The summed E-state index contributed by atoms with van der Waals surface area (Å²) in [6, 6.07) is 3.22. The predicted octanol–water partition coefficient (Wildman–Crippen LogP) is 4.93. The van der Waals surface area contributed by atoms with E-state index in [0.717, 1.165) is 12.1 Å². The molecule has 1 aromatic rings. The van der Waals surface area contributed by atoms with Crippen molar-refractivity contribution in [3.05, 3.63) is 29.3 Å². The van der Waals surface area contributed by atoms with Crippen LogP contribution in [0.5, 0.6) is 5.75 Å². The minimum absolute atomic E-state index is 0.207. The summed E-state index contributed by atoms with van der Waals surface area (Å²) >= 11 is 3.00. The Hall–Kier alpha value is -0.920. The Kier molecular flexibility index (Phi) is 5.11. The van der Waals surface area contributed by atoms with E-state index in [4.69, 9.17) is 0 Å². The summed E-state index contributed by atoms with van der Waals surface area (Å²) in [5.41, 5.74) is -0.720. The second-order valence-electron chi connectivity index (χ2n) is 3.68. The molecule has 1 aromatic carbocycles. The lowest BCUT2D eigenvalue weighted by molar-refractivity contribution is -0.143. The van der Waals surface area contributed by atoms with E-state index >= 15 is 0 Å². The van der Waals surface area contributed by atoms with Crippen LogP contribution < -0.4 is 4.74 Å². The SMILES string of the molecule is FC(F)(F)CCOc1ccc(CBr)cc1C(F)(F)F. The maximum absolute atomic E-state index is 12.7. The van der Waals surface area contributed by atoms with E-state index in [-0.39, 0.29) is 5.33 Å². The van der Waals surface area contributed by atoms with Gasteiger partial charge in [-0.05, 0) is 17.7 Å². The maximum atomic E-state index is 12.7. The van der Waals surface area contributed by atoms with Gasteiger partial charge in [-0.15, -0.1) is 0 Å². The molecule has 0 saturated carbocycles. The van der Waals surface area contributed by atoms with Crippen LogP contribution in [0.4, 0.5) is 26.3 Å². The first kappa shape index (κ1) is 16.1. The van der Waals surface area contributed by atoms with Gasteiger partial charge >= 0.3 is 12.4 Å². The Labute approximate surface area is 113 Å². The number of benzene rings is 1. The van der Waals surface area contributed by atoms with Gasteiger partial charge in [-0.2, -0.15) is 26.3 Å². The van der Waals surface area contributed by atoms with Crippen LogP contribution in [0.3, 0.4) is 0 Å².